The molecule has 1 N–H and O–H groups in total. The Morgan fingerprint density at radius 3 is 2.76 bits per heavy atom. The third kappa shape index (κ3) is 3.06. The van der Waals surface area contributed by atoms with Crippen molar-refractivity contribution in [3.63, 3.8) is 0 Å². The first-order chi connectivity index (χ1) is 10.1. The molecule has 2 aliphatic rings. The SMILES string of the molecule is CC1CNCC1C(=O)N(Cc1c(F)cccc1Cl)C1CC1. The largest absolute Gasteiger partial charge is 0.335 e. The maximum Gasteiger partial charge on any atom is 0.227 e. The molecule has 21 heavy (non-hydrogen) atoms. The van der Waals surface area contributed by atoms with Gasteiger partial charge in [-0.1, -0.05) is 24.6 Å². The molecule has 3 rings (SSSR count). The minimum atomic E-state index is -0.335. The summed E-state index contributed by atoms with van der Waals surface area (Å²) >= 11 is 6.10. The fourth-order valence-electron chi connectivity index (χ4n) is 2.98. The zero-order valence-corrected chi connectivity index (χ0v) is 12.9. The number of carbonyl (C=O) groups excluding carboxylic acids is 1. The maximum atomic E-state index is 14.0. The van der Waals surface area contributed by atoms with Crippen molar-refractivity contribution >= 4 is 17.5 Å². The van der Waals surface area contributed by atoms with E-state index in [1.54, 1.807) is 12.1 Å². The molecule has 1 aromatic rings. The highest BCUT2D eigenvalue weighted by Crippen LogP contribution is 2.33. The zero-order chi connectivity index (χ0) is 15.0. The molecule has 0 aromatic heterocycles. The molecule has 114 valence electrons. The van der Waals surface area contributed by atoms with E-state index in [-0.39, 0.29) is 30.2 Å². The Labute approximate surface area is 129 Å². The van der Waals surface area contributed by atoms with Crippen LogP contribution in [0.4, 0.5) is 4.39 Å². The highest BCUT2D eigenvalue weighted by atomic mass is 35.5. The molecule has 0 bridgehead atoms. The number of nitrogens with one attached hydrogen (secondary N) is 1. The highest BCUT2D eigenvalue weighted by Gasteiger charge is 2.39. The summed E-state index contributed by atoms with van der Waals surface area (Å²) in [6.45, 7) is 3.95. The lowest BCUT2D eigenvalue weighted by Gasteiger charge is -2.27. The second-order valence-electron chi connectivity index (χ2n) is 6.14. The zero-order valence-electron chi connectivity index (χ0n) is 12.1. The molecular weight excluding hydrogens is 291 g/mol. The van der Waals surface area contributed by atoms with Crippen molar-refractivity contribution in [1.29, 1.82) is 0 Å². The second kappa shape index (κ2) is 5.93. The van der Waals surface area contributed by atoms with E-state index in [1.807, 2.05) is 4.90 Å². The van der Waals surface area contributed by atoms with Gasteiger partial charge in [-0.05, 0) is 37.4 Å². The Bertz CT molecular complexity index is 527. The van der Waals surface area contributed by atoms with Gasteiger partial charge in [-0.15, -0.1) is 0 Å². The van der Waals surface area contributed by atoms with Gasteiger partial charge >= 0.3 is 0 Å². The van der Waals surface area contributed by atoms with E-state index in [0.717, 1.165) is 19.4 Å². The number of rotatable bonds is 4. The van der Waals surface area contributed by atoms with Crippen molar-refractivity contribution in [1.82, 2.24) is 10.2 Å². The van der Waals surface area contributed by atoms with Gasteiger partial charge in [-0.3, -0.25) is 4.79 Å². The molecule has 3 nitrogen and oxygen atoms in total. The number of nitrogens with zero attached hydrogens (tertiary/aromatic N) is 1. The van der Waals surface area contributed by atoms with Crippen LogP contribution in [0, 0.1) is 17.7 Å². The molecule has 0 radical (unpaired) electrons. The predicted octanol–water partition coefficient (Wildman–Crippen LogP) is 2.83. The van der Waals surface area contributed by atoms with Crippen LogP contribution in [0.5, 0.6) is 0 Å². The fraction of sp³-hybridized carbons (Fsp3) is 0.562. The first-order valence-corrected chi connectivity index (χ1v) is 7.90. The van der Waals surface area contributed by atoms with Crippen molar-refractivity contribution in [2.45, 2.75) is 32.4 Å². The van der Waals surface area contributed by atoms with Gasteiger partial charge in [-0.25, -0.2) is 4.39 Å². The number of carbonyl (C=O) groups is 1. The molecule has 2 unspecified atom stereocenters. The topological polar surface area (TPSA) is 32.3 Å². The number of amides is 1. The van der Waals surface area contributed by atoms with E-state index in [2.05, 4.69) is 12.2 Å². The Hall–Kier alpha value is -1.13. The molecule has 1 heterocycles. The Kier molecular flexibility index (Phi) is 4.18. The number of halogens is 2. The van der Waals surface area contributed by atoms with Crippen LogP contribution in [0.15, 0.2) is 18.2 Å². The minimum Gasteiger partial charge on any atom is -0.335 e. The molecule has 0 spiro atoms. The van der Waals surface area contributed by atoms with Crippen LogP contribution >= 0.6 is 11.6 Å². The molecule has 2 atom stereocenters. The number of hydrogen-bond acceptors (Lipinski definition) is 2. The fourth-order valence-corrected chi connectivity index (χ4v) is 3.20. The van der Waals surface area contributed by atoms with Crippen LogP contribution in [0.25, 0.3) is 0 Å². The van der Waals surface area contributed by atoms with Crippen molar-refractivity contribution in [2.75, 3.05) is 13.1 Å². The highest BCUT2D eigenvalue weighted by molar-refractivity contribution is 6.31. The van der Waals surface area contributed by atoms with Gasteiger partial charge in [-0.2, -0.15) is 0 Å². The monoisotopic (exact) mass is 310 g/mol. The first kappa shape index (κ1) is 14.8. The van der Waals surface area contributed by atoms with Crippen LogP contribution in [0.1, 0.15) is 25.3 Å². The van der Waals surface area contributed by atoms with Crippen LogP contribution in [0.2, 0.25) is 5.02 Å². The molecule has 5 heteroatoms. The second-order valence-corrected chi connectivity index (χ2v) is 6.55. The van der Waals surface area contributed by atoms with Crippen LogP contribution in [-0.4, -0.2) is 29.9 Å². The van der Waals surface area contributed by atoms with Gasteiger partial charge in [0.1, 0.15) is 5.82 Å². The summed E-state index contributed by atoms with van der Waals surface area (Å²) in [6.07, 6.45) is 2.01. The summed E-state index contributed by atoms with van der Waals surface area (Å²) < 4.78 is 14.0. The van der Waals surface area contributed by atoms with E-state index in [9.17, 15) is 9.18 Å². The molecule has 1 aliphatic carbocycles. The Balaban J connectivity index is 1.80. The average Bonchev–Trinajstić information content (AvgIpc) is 3.19. The van der Waals surface area contributed by atoms with E-state index < -0.39 is 0 Å². The molecule has 1 aromatic carbocycles. The molecule has 2 fully saturated rings. The van der Waals surface area contributed by atoms with Gasteiger partial charge < -0.3 is 10.2 Å². The van der Waals surface area contributed by atoms with Crippen LogP contribution in [-0.2, 0) is 11.3 Å². The molecule has 1 aliphatic heterocycles. The third-order valence-electron chi connectivity index (χ3n) is 4.50. The summed E-state index contributed by atoms with van der Waals surface area (Å²) in [5.74, 6) is 0.124. The number of hydrogen-bond donors (Lipinski definition) is 1. The van der Waals surface area contributed by atoms with E-state index in [1.165, 1.54) is 6.07 Å². The maximum absolute atomic E-state index is 14.0. The normalized spacial score (nSPS) is 25.1. The van der Waals surface area contributed by atoms with E-state index in [0.29, 0.717) is 23.0 Å². The van der Waals surface area contributed by atoms with E-state index in [4.69, 9.17) is 11.6 Å². The smallest absolute Gasteiger partial charge is 0.227 e. The average molecular weight is 311 g/mol. The van der Waals surface area contributed by atoms with Crippen molar-refractivity contribution < 1.29 is 9.18 Å². The summed E-state index contributed by atoms with van der Waals surface area (Å²) in [7, 11) is 0. The lowest BCUT2D eigenvalue weighted by atomic mass is 9.96. The number of benzene rings is 1. The summed E-state index contributed by atoms with van der Waals surface area (Å²) in [5, 5.41) is 3.65. The predicted molar refractivity (Wildman–Crippen MR) is 80.5 cm³/mol. The van der Waals surface area contributed by atoms with Gasteiger partial charge in [0.2, 0.25) is 5.91 Å². The van der Waals surface area contributed by atoms with Gasteiger partial charge in [0, 0.05) is 23.2 Å². The summed E-state index contributed by atoms with van der Waals surface area (Å²) in [4.78, 5) is 14.6. The van der Waals surface area contributed by atoms with Gasteiger partial charge in [0.15, 0.2) is 0 Å². The van der Waals surface area contributed by atoms with Gasteiger partial charge in [0.25, 0.3) is 0 Å². The van der Waals surface area contributed by atoms with Crippen molar-refractivity contribution in [3.05, 3.63) is 34.6 Å². The van der Waals surface area contributed by atoms with Crippen LogP contribution in [0.3, 0.4) is 0 Å². The Morgan fingerprint density at radius 1 is 1.43 bits per heavy atom. The third-order valence-corrected chi connectivity index (χ3v) is 4.85. The first-order valence-electron chi connectivity index (χ1n) is 7.52. The quantitative estimate of drug-likeness (QED) is 0.927. The standard InChI is InChI=1S/C16H20ClFN2O/c1-10-7-19-8-12(10)16(21)20(11-5-6-11)9-13-14(17)3-2-4-15(13)18/h2-4,10-12,19H,5-9H2,1H3. The van der Waals surface area contributed by atoms with Crippen LogP contribution < -0.4 is 5.32 Å². The van der Waals surface area contributed by atoms with Crippen molar-refractivity contribution in [2.24, 2.45) is 11.8 Å². The van der Waals surface area contributed by atoms with Crippen molar-refractivity contribution in [3.8, 4) is 0 Å². The van der Waals surface area contributed by atoms with E-state index >= 15 is 0 Å². The van der Waals surface area contributed by atoms with Gasteiger partial charge in [0.05, 0.1) is 12.5 Å². The molecule has 1 amide bonds. The lowest BCUT2D eigenvalue weighted by Crippen LogP contribution is -2.40. The minimum absolute atomic E-state index is 0.00357. The summed E-state index contributed by atoms with van der Waals surface area (Å²) in [6, 6.07) is 4.92. The Morgan fingerprint density at radius 2 is 2.19 bits per heavy atom. The lowest BCUT2D eigenvalue weighted by molar-refractivity contribution is -0.137. The summed E-state index contributed by atoms with van der Waals surface area (Å²) in [5.41, 5.74) is 0.429. The molecule has 1 saturated heterocycles. The molecule has 1 saturated carbocycles. The molecular formula is C16H20ClFN2O.